The number of hydrogen-bond donors (Lipinski definition) is 2. The number of aryl methyl sites for hydroxylation is 2. The number of fused-ring (bicyclic) bond motifs is 1. The minimum Gasteiger partial charge on any atom is -0.487 e. The van der Waals surface area contributed by atoms with Crippen molar-refractivity contribution in [3.8, 4) is 5.75 Å². The number of pyridine rings is 1. The van der Waals surface area contributed by atoms with Crippen molar-refractivity contribution in [2.75, 3.05) is 13.2 Å². The smallest absolute Gasteiger partial charge is 0.306 e. The van der Waals surface area contributed by atoms with Gasteiger partial charge in [-0.05, 0) is 67.6 Å². The van der Waals surface area contributed by atoms with Crippen LogP contribution in [0.15, 0.2) is 70.5 Å². The molecule has 2 heterocycles. The van der Waals surface area contributed by atoms with Crippen molar-refractivity contribution in [1.82, 2.24) is 8.87 Å². The lowest BCUT2D eigenvalue weighted by Gasteiger charge is -2.42. The molecule has 0 bridgehead atoms. The molecule has 2 N–H and O–H groups in total. The Balaban J connectivity index is 1.71. The summed E-state index contributed by atoms with van der Waals surface area (Å²) in [6.45, 7) is 9.17. The van der Waals surface area contributed by atoms with Gasteiger partial charge in [-0.15, -0.1) is 10.8 Å². The minimum absolute atomic E-state index is 0.0880. The summed E-state index contributed by atoms with van der Waals surface area (Å²) in [5, 5.41) is 0. The molecule has 210 valence electrons. The highest BCUT2D eigenvalue weighted by atomic mass is 32.3. The zero-order valence-corrected chi connectivity index (χ0v) is 23.8. The zero-order chi connectivity index (χ0) is 28.2. The first kappa shape index (κ1) is 28.9. The summed E-state index contributed by atoms with van der Waals surface area (Å²) in [4.78, 5) is 25.8. The monoisotopic (exact) mass is 554 g/mol. The molecule has 0 radical (unpaired) electrons. The number of para-hydroxylation sites is 1. The van der Waals surface area contributed by atoms with Gasteiger partial charge in [0.2, 0.25) is 0 Å². The van der Waals surface area contributed by atoms with Gasteiger partial charge in [0.1, 0.15) is 16.7 Å². The highest BCUT2D eigenvalue weighted by Crippen LogP contribution is 2.57. The topological polar surface area (TPSA) is 101 Å². The van der Waals surface area contributed by atoms with Crippen LogP contribution in [0.1, 0.15) is 61.8 Å². The van der Waals surface area contributed by atoms with E-state index in [1.165, 1.54) is 0 Å². The first-order valence-corrected chi connectivity index (χ1v) is 14.9. The number of nitrogens with zero attached hydrogens (tertiary/aromatic N) is 2. The maximum atomic E-state index is 12.8. The average molecular weight is 555 g/mol. The molecule has 9 heteroatoms. The fraction of sp³-hybridized carbons (Fsp3) is 0.400. The van der Waals surface area contributed by atoms with E-state index in [0.717, 1.165) is 28.7 Å². The third-order valence-electron chi connectivity index (χ3n) is 6.98. The summed E-state index contributed by atoms with van der Waals surface area (Å²) in [5.74, 6) is -0.253. The second-order valence-electron chi connectivity index (χ2n) is 9.96. The van der Waals surface area contributed by atoms with Gasteiger partial charge in [0.05, 0.1) is 19.6 Å². The van der Waals surface area contributed by atoms with Crippen LogP contribution in [0.2, 0.25) is 0 Å². The fourth-order valence-electron chi connectivity index (χ4n) is 4.96. The van der Waals surface area contributed by atoms with Gasteiger partial charge in [0, 0.05) is 31.3 Å². The van der Waals surface area contributed by atoms with Crippen molar-refractivity contribution in [2.45, 2.75) is 70.5 Å². The Morgan fingerprint density at radius 3 is 2.59 bits per heavy atom. The molecular weight excluding hydrogens is 516 g/mol. The molecular formula is C30H38N2O6S. The van der Waals surface area contributed by atoms with Crippen LogP contribution in [0, 0.1) is 6.92 Å². The summed E-state index contributed by atoms with van der Waals surface area (Å²) in [6.07, 6.45) is 2.45. The molecule has 0 spiro atoms. The summed E-state index contributed by atoms with van der Waals surface area (Å²) in [6, 6.07) is 16.4. The molecule has 2 aromatic carbocycles. The molecule has 39 heavy (non-hydrogen) atoms. The van der Waals surface area contributed by atoms with Gasteiger partial charge < -0.3 is 14.0 Å². The predicted molar refractivity (Wildman–Crippen MR) is 153 cm³/mol. The molecule has 0 amide bonds. The lowest BCUT2D eigenvalue weighted by molar-refractivity contribution is -0.143. The van der Waals surface area contributed by atoms with E-state index in [1.807, 2.05) is 51.1 Å². The molecule has 8 nitrogen and oxygen atoms in total. The van der Waals surface area contributed by atoms with Crippen LogP contribution in [0.4, 0.5) is 0 Å². The molecule has 0 saturated carbocycles. The van der Waals surface area contributed by atoms with Crippen LogP contribution in [0.25, 0.3) is 0 Å². The quantitative estimate of drug-likeness (QED) is 0.315. The number of rotatable bonds is 9. The Bertz CT molecular complexity index is 1370. The molecule has 0 fully saturated rings. The first-order chi connectivity index (χ1) is 18.6. The lowest BCUT2D eigenvalue weighted by Crippen LogP contribution is -2.33. The minimum atomic E-state index is -3.30. The molecule has 1 aliphatic heterocycles. The summed E-state index contributed by atoms with van der Waals surface area (Å²) >= 11 is 0. The van der Waals surface area contributed by atoms with Crippen LogP contribution in [-0.4, -0.2) is 43.2 Å². The molecule has 4 rings (SSSR count). The Kier molecular flexibility index (Phi) is 9.17. The maximum absolute atomic E-state index is 12.8. The van der Waals surface area contributed by atoms with E-state index in [-0.39, 0.29) is 43.1 Å². The van der Waals surface area contributed by atoms with Crippen molar-refractivity contribution in [3.63, 3.8) is 0 Å². The summed E-state index contributed by atoms with van der Waals surface area (Å²) in [7, 11) is -3.30. The van der Waals surface area contributed by atoms with Crippen molar-refractivity contribution in [2.24, 2.45) is 0 Å². The maximum Gasteiger partial charge on any atom is 0.306 e. The number of benzene rings is 2. The van der Waals surface area contributed by atoms with Crippen molar-refractivity contribution >= 4 is 16.7 Å². The van der Waals surface area contributed by atoms with E-state index in [2.05, 4.69) is 0 Å². The number of carbonyl (C=O) groups is 1. The van der Waals surface area contributed by atoms with Crippen molar-refractivity contribution < 1.29 is 23.4 Å². The van der Waals surface area contributed by atoms with Gasteiger partial charge in [0.25, 0.3) is 5.56 Å². The van der Waals surface area contributed by atoms with E-state index in [9.17, 15) is 18.7 Å². The van der Waals surface area contributed by atoms with Crippen molar-refractivity contribution in [3.05, 3.63) is 93.4 Å². The number of aromatic nitrogens is 1. The van der Waals surface area contributed by atoms with Crippen LogP contribution >= 0.6 is 10.8 Å². The van der Waals surface area contributed by atoms with E-state index in [0.29, 0.717) is 23.7 Å². The first-order valence-electron chi connectivity index (χ1n) is 13.4. The molecule has 2 atom stereocenters. The van der Waals surface area contributed by atoms with E-state index in [1.54, 1.807) is 46.3 Å². The number of esters is 1. The van der Waals surface area contributed by atoms with Gasteiger partial charge in [-0.1, -0.05) is 37.3 Å². The summed E-state index contributed by atoms with van der Waals surface area (Å²) in [5.41, 5.74) is 3.36. The van der Waals surface area contributed by atoms with Gasteiger partial charge in [0.15, 0.2) is 0 Å². The van der Waals surface area contributed by atoms with Gasteiger partial charge in [-0.25, -0.2) is 0 Å². The molecule has 1 aromatic heterocycles. The molecule has 3 aromatic rings. The Morgan fingerprint density at radius 2 is 1.87 bits per heavy atom. The van der Waals surface area contributed by atoms with Gasteiger partial charge >= 0.3 is 5.97 Å². The fourth-order valence-corrected chi connectivity index (χ4v) is 6.62. The van der Waals surface area contributed by atoms with Crippen LogP contribution in [0.5, 0.6) is 5.75 Å². The third kappa shape index (κ3) is 6.55. The van der Waals surface area contributed by atoms with Gasteiger partial charge in [-0.2, -0.15) is 4.31 Å². The predicted octanol–water partition coefficient (Wildman–Crippen LogP) is 5.96. The zero-order valence-electron chi connectivity index (χ0n) is 23.0. The molecule has 0 saturated heterocycles. The normalized spacial score (nSPS) is 18.4. The standard InChI is InChI=1S/C30H38N2O6S/c1-5-14-31-15-13-24(17-29(31)33)26(18-30(34)37-6-2)23-12-11-21(3)25(16-23)20-32-19-22(4)38-27-9-7-8-10-28(27)39(32,35)36/h7-13,15-17,22,26,35-36H,5-6,14,18-20H2,1-4H3. The second-order valence-corrected chi connectivity index (χ2v) is 11.9. The summed E-state index contributed by atoms with van der Waals surface area (Å²) < 4.78 is 37.3. The highest BCUT2D eigenvalue weighted by Gasteiger charge is 2.34. The number of ether oxygens (including phenoxy) is 2. The van der Waals surface area contributed by atoms with E-state index >= 15 is 0 Å². The second kappa shape index (κ2) is 12.4. The Hall–Kier alpha value is -3.11. The molecule has 2 unspecified atom stereocenters. The molecule has 0 aliphatic carbocycles. The highest BCUT2D eigenvalue weighted by molar-refractivity contribution is 8.22. The lowest BCUT2D eigenvalue weighted by atomic mass is 9.87. The number of carbonyl (C=O) groups excluding carboxylic acids is 1. The van der Waals surface area contributed by atoms with Crippen molar-refractivity contribution in [1.29, 1.82) is 0 Å². The SMILES string of the molecule is CCCn1ccc(C(CC(=O)OCC)c2ccc(C)c(CN3CC(C)Oc4ccccc4S3(O)O)c2)cc1=O. The van der Waals surface area contributed by atoms with Crippen LogP contribution in [0.3, 0.4) is 0 Å². The Labute approximate surface area is 231 Å². The van der Waals surface area contributed by atoms with E-state index < -0.39 is 10.8 Å². The van der Waals surface area contributed by atoms with Crippen LogP contribution in [-0.2, 0) is 22.6 Å². The van der Waals surface area contributed by atoms with Gasteiger partial charge in [-0.3, -0.25) is 18.7 Å². The largest absolute Gasteiger partial charge is 0.487 e. The van der Waals surface area contributed by atoms with Crippen LogP contribution < -0.4 is 10.3 Å². The van der Waals surface area contributed by atoms with E-state index in [4.69, 9.17) is 9.47 Å². The molecule has 1 aliphatic rings. The number of hydrogen-bond acceptors (Lipinski definition) is 7. The average Bonchev–Trinajstić information content (AvgIpc) is 2.98. The third-order valence-corrected chi connectivity index (χ3v) is 8.90. The Morgan fingerprint density at radius 1 is 1.13 bits per heavy atom.